The van der Waals surface area contributed by atoms with Gasteiger partial charge in [-0.25, -0.2) is 0 Å². The lowest BCUT2D eigenvalue weighted by Crippen LogP contribution is -2.54. The van der Waals surface area contributed by atoms with E-state index in [4.69, 9.17) is 14.2 Å². The lowest BCUT2D eigenvalue weighted by Gasteiger charge is -2.43. The van der Waals surface area contributed by atoms with E-state index in [2.05, 4.69) is 0 Å². The number of nitrogens with zero attached hydrogens (tertiary/aromatic N) is 1. The summed E-state index contributed by atoms with van der Waals surface area (Å²) in [5.41, 5.74) is 0.613. The normalized spacial score (nSPS) is 24.5. The maximum Gasteiger partial charge on any atom is 0.254 e. The monoisotopic (exact) mass is 305 g/mol. The van der Waals surface area contributed by atoms with Crippen LogP contribution in [-0.4, -0.2) is 50.3 Å². The summed E-state index contributed by atoms with van der Waals surface area (Å²) in [6.07, 6.45) is 4.62. The zero-order valence-electron chi connectivity index (χ0n) is 13.2. The fourth-order valence-electron chi connectivity index (χ4n) is 3.45. The number of benzene rings is 1. The molecule has 1 aliphatic carbocycles. The molecular weight excluding hydrogens is 282 g/mol. The van der Waals surface area contributed by atoms with Gasteiger partial charge in [-0.2, -0.15) is 0 Å². The predicted molar refractivity (Wildman–Crippen MR) is 82.6 cm³/mol. The Morgan fingerprint density at radius 2 is 1.82 bits per heavy atom. The smallest absolute Gasteiger partial charge is 0.254 e. The van der Waals surface area contributed by atoms with Gasteiger partial charge in [0, 0.05) is 18.2 Å². The van der Waals surface area contributed by atoms with E-state index in [9.17, 15) is 4.79 Å². The van der Waals surface area contributed by atoms with Crippen LogP contribution in [0.1, 0.15) is 36.0 Å². The minimum absolute atomic E-state index is 0.0393. The summed E-state index contributed by atoms with van der Waals surface area (Å²) < 4.78 is 16.4. The van der Waals surface area contributed by atoms with Gasteiger partial charge in [0.25, 0.3) is 5.91 Å². The van der Waals surface area contributed by atoms with Crippen LogP contribution in [-0.2, 0) is 4.74 Å². The maximum absolute atomic E-state index is 13.0. The summed E-state index contributed by atoms with van der Waals surface area (Å²) in [4.78, 5) is 14.9. The molecule has 1 aromatic rings. The Labute approximate surface area is 131 Å². The van der Waals surface area contributed by atoms with Crippen LogP contribution in [0.3, 0.4) is 0 Å². The molecule has 1 amide bonds. The molecule has 22 heavy (non-hydrogen) atoms. The number of morpholine rings is 1. The number of hydrogen-bond acceptors (Lipinski definition) is 4. The van der Waals surface area contributed by atoms with Gasteiger partial charge in [-0.05, 0) is 25.0 Å². The largest absolute Gasteiger partial charge is 0.497 e. The first-order valence-electron chi connectivity index (χ1n) is 7.88. The van der Waals surface area contributed by atoms with E-state index >= 15 is 0 Å². The van der Waals surface area contributed by atoms with Crippen molar-refractivity contribution in [3.63, 3.8) is 0 Å². The third kappa shape index (κ3) is 2.90. The molecule has 1 heterocycles. The Morgan fingerprint density at radius 1 is 1.14 bits per heavy atom. The molecule has 0 radical (unpaired) electrons. The van der Waals surface area contributed by atoms with Crippen molar-refractivity contribution in [1.29, 1.82) is 0 Å². The predicted octanol–water partition coefficient (Wildman–Crippen LogP) is 2.49. The van der Waals surface area contributed by atoms with Crippen molar-refractivity contribution < 1.29 is 19.0 Å². The zero-order valence-corrected chi connectivity index (χ0v) is 13.2. The lowest BCUT2D eigenvalue weighted by molar-refractivity contribution is -0.0752. The van der Waals surface area contributed by atoms with Crippen molar-refractivity contribution in [2.75, 3.05) is 27.4 Å². The molecule has 1 aliphatic heterocycles. The highest BCUT2D eigenvalue weighted by atomic mass is 16.5. The molecule has 120 valence electrons. The summed E-state index contributed by atoms with van der Waals surface area (Å²) in [5, 5.41) is 0. The molecule has 1 aromatic carbocycles. The van der Waals surface area contributed by atoms with Crippen LogP contribution in [0, 0.1) is 0 Å². The standard InChI is InChI=1S/C17H23NO4/c1-20-13-9-12(10-14(11-13)21-2)17(19)18-7-8-22-16-6-4-3-5-15(16)18/h9-11,15-16H,3-8H2,1-2H3/t15-,16+/m0/s1. The Morgan fingerprint density at radius 3 is 2.50 bits per heavy atom. The van der Waals surface area contributed by atoms with Crippen LogP contribution in [0.4, 0.5) is 0 Å². The Kier molecular flexibility index (Phi) is 4.52. The van der Waals surface area contributed by atoms with Gasteiger partial charge in [-0.15, -0.1) is 0 Å². The van der Waals surface area contributed by atoms with Crippen molar-refractivity contribution in [3.8, 4) is 11.5 Å². The van der Waals surface area contributed by atoms with Gasteiger partial charge in [-0.1, -0.05) is 12.8 Å². The van der Waals surface area contributed by atoms with Crippen LogP contribution in [0.2, 0.25) is 0 Å². The van der Waals surface area contributed by atoms with Gasteiger partial charge in [0.15, 0.2) is 0 Å². The summed E-state index contributed by atoms with van der Waals surface area (Å²) in [6, 6.07) is 5.53. The highest BCUT2D eigenvalue weighted by Crippen LogP contribution is 2.31. The Balaban J connectivity index is 1.86. The summed E-state index contributed by atoms with van der Waals surface area (Å²) in [7, 11) is 3.18. The number of carbonyl (C=O) groups is 1. The number of fused-ring (bicyclic) bond motifs is 1. The lowest BCUT2D eigenvalue weighted by atomic mass is 9.89. The molecule has 3 rings (SSSR count). The fraction of sp³-hybridized carbons (Fsp3) is 0.588. The molecule has 2 atom stereocenters. The van der Waals surface area contributed by atoms with Crippen LogP contribution in [0.25, 0.3) is 0 Å². The van der Waals surface area contributed by atoms with E-state index in [1.807, 2.05) is 4.90 Å². The molecule has 0 aromatic heterocycles. The zero-order chi connectivity index (χ0) is 15.5. The van der Waals surface area contributed by atoms with Gasteiger partial charge in [0.2, 0.25) is 0 Å². The number of rotatable bonds is 3. The van der Waals surface area contributed by atoms with Crippen molar-refractivity contribution in [3.05, 3.63) is 23.8 Å². The SMILES string of the molecule is COc1cc(OC)cc(C(=O)N2CCO[C@@H]3CCCC[C@@H]32)c1. The quantitative estimate of drug-likeness (QED) is 0.861. The van der Waals surface area contributed by atoms with E-state index in [0.717, 1.165) is 19.3 Å². The minimum Gasteiger partial charge on any atom is -0.497 e. The van der Waals surface area contributed by atoms with E-state index in [-0.39, 0.29) is 18.1 Å². The first-order chi connectivity index (χ1) is 10.7. The van der Waals surface area contributed by atoms with Gasteiger partial charge >= 0.3 is 0 Å². The van der Waals surface area contributed by atoms with Gasteiger partial charge in [0.05, 0.1) is 33.0 Å². The Bertz CT molecular complexity index is 521. The van der Waals surface area contributed by atoms with E-state index in [1.165, 1.54) is 6.42 Å². The highest BCUT2D eigenvalue weighted by Gasteiger charge is 2.37. The number of methoxy groups -OCH3 is 2. The Hall–Kier alpha value is -1.75. The maximum atomic E-state index is 13.0. The average Bonchev–Trinajstić information content (AvgIpc) is 2.60. The molecule has 0 N–H and O–H groups in total. The van der Waals surface area contributed by atoms with Crippen molar-refractivity contribution >= 4 is 5.91 Å². The third-order valence-corrected chi connectivity index (χ3v) is 4.59. The van der Waals surface area contributed by atoms with Crippen molar-refractivity contribution in [2.45, 2.75) is 37.8 Å². The van der Waals surface area contributed by atoms with Crippen molar-refractivity contribution in [1.82, 2.24) is 4.90 Å². The summed E-state index contributed by atoms with van der Waals surface area (Å²) >= 11 is 0. The summed E-state index contributed by atoms with van der Waals surface area (Å²) in [5.74, 6) is 1.31. The van der Waals surface area contributed by atoms with Crippen molar-refractivity contribution in [2.24, 2.45) is 0 Å². The van der Waals surface area contributed by atoms with E-state index in [0.29, 0.717) is 30.2 Å². The molecule has 5 nitrogen and oxygen atoms in total. The van der Waals surface area contributed by atoms with E-state index in [1.54, 1.807) is 32.4 Å². The molecule has 5 heteroatoms. The number of ether oxygens (including phenoxy) is 3. The molecule has 1 saturated heterocycles. The molecule has 0 unspecified atom stereocenters. The minimum atomic E-state index is 0.0393. The van der Waals surface area contributed by atoms with Gasteiger partial charge < -0.3 is 19.1 Å². The first-order valence-corrected chi connectivity index (χ1v) is 7.88. The van der Waals surface area contributed by atoms with Crippen LogP contribution >= 0.6 is 0 Å². The topological polar surface area (TPSA) is 48.0 Å². The number of hydrogen-bond donors (Lipinski definition) is 0. The first kappa shape index (κ1) is 15.2. The number of carbonyl (C=O) groups excluding carboxylic acids is 1. The second kappa shape index (κ2) is 6.57. The van der Waals surface area contributed by atoms with Crippen LogP contribution in [0.15, 0.2) is 18.2 Å². The van der Waals surface area contributed by atoms with E-state index < -0.39 is 0 Å². The third-order valence-electron chi connectivity index (χ3n) is 4.59. The van der Waals surface area contributed by atoms with Crippen LogP contribution in [0.5, 0.6) is 11.5 Å². The molecule has 2 fully saturated rings. The molecule has 0 bridgehead atoms. The number of amides is 1. The molecular formula is C17H23NO4. The van der Waals surface area contributed by atoms with Gasteiger partial charge in [-0.3, -0.25) is 4.79 Å². The fourth-order valence-corrected chi connectivity index (χ4v) is 3.45. The molecule has 2 aliphatic rings. The highest BCUT2D eigenvalue weighted by molar-refractivity contribution is 5.95. The second-order valence-electron chi connectivity index (χ2n) is 5.86. The summed E-state index contributed by atoms with van der Waals surface area (Å²) in [6.45, 7) is 1.27. The second-order valence-corrected chi connectivity index (χ2v) is 5.86. The average molecular weight is 305 g/mol. The van der Waals surface area contributed by atoms with Gasteiger partial charge in [0.1, 0.15) is 11.5 Å². The molecule has 1 saturated carbocycles. The van der Waals surface area contributed by atoms with Crippen LogP contribution < -0.4 is 9.47 Å². The molecule has 0 spiro atoms.